The molecule has 0 aliphatic carbocycles. The number of anilines is 1. The molecule has 3 aromatic carbocycles. The van der Waals surface area contributed by atoms with Crippen LogP contribution in [0.4, 0.5) is 10.1 Å². The van der Waals surface area contributed by atoms with E-state index in [1.54, 1.807) is 24.1 Å². The predicted molar refractivity (Wildman–Crippen MR) is 120 cm³/mol. The van der Waals surface area contributed by atoms with Crippen LogP contribution in [-0.4, -0.2) is 28.4 Å². The molecule has 0 spiro atoms. The number of rotatable bonds is 5. The molecule has 1 amide bonds. The average Bonchev–Trinajstić information content (AvgIpc) is 2.79. The third kappa shape index (κ3) is 4.04. The predicted octanol–water partition coefficient (Wildman–Crippen LogP) is 5.58. The van der Waals surface area contributed by atoms with Crippen molar-refractivity contribution in [1.82, 2.24) is 10.2 Å². The van der Waals surface area contributed by atoms with Crippen molar-refractivity contribution < 1.29 is 9.18 Å². The van der Waals surface area contributed by atoms with Crippen molar-refractivity contribution in [2.45, 2.75) is 17.2 Å². The Morgan fingerprint density at radius 1 is 0.900 bits per heavy atom. The van der Waals surface area contributed by atoms with Crippen molar-refractivity contribution in [3.8, 4) is 11.3 Å². The third-order valence-electron chi connectivity index (χ3n) is 4.88. The van der Waals surface area contributed by atoms with Gasteiger partial charge in [-0.3, -0.25) is 4.79 Å². The summed E-state index contributed by atoms with van der Waals surface area (Å²) in [6.45, 7) is 1.87. The number of para-hydroxylation sites is 1. The smallest absolute Gasteiger partial charge is 0.239 e. The molecule has 6 heteroatoms. The molecule has 0 aliphatic heterocycles. The summed E-state index contributed by atoms with van der Waals surface area (Å²) in [6, 6.07) is 23.6. The highest BCUT2D eigenvalue weighted by atomic mass is 32.2. The molecule has 1 aromatic heterocycles. The fourth-order valence-corrected chi connectivity index (χ4v) is 4.24. The van der Waals surface area contributed by atoms with Gasteiger partial charge in [-0.15, -0.1) is 10.2 Å². The summed E-state index contributed by atoms with van der Waals surface area (Å²) in [6.07, 6.45) is 0. The Hall–Kier alpha value is -3.25. The molecule has 0 saturated heterocycles. The summed E-state index contributed by atoms with van der Waals surface area (Å²) in [4.78, 5) is 14.6. The molecule has 1 atom stereocenters. The van der Waals surface area contributed by atoms with Crippen molar-refractivity contribution >= 4 is 34.1 Å². The quantitative estimate of drug-likeness (QED) is 0.398. The van der Waals surface area contributed by atoms with Crippen LogP contribution in [-0.2, 0) is 4.79 Å². The number of benzene rings is 3. The maximum Gasteiger partial charge on any atom is 0.239 e. The van der Waals surface area contributed by atoms with E-state index in [4.69, 9.17) is 0 Å². The Kier molecular flexibility index (Phi) is 5.77. The van der Waals surface area contributed by atoms with Crippen molar-refractivity contribution in [1.29, 1.82) is 0 Å². The number of thioether (sulfide) groups is 1. The lowest BCUT2D eigenvalue weighted by atomic mass is 10.1. The molecule has 0 aliphatic rings. The molecule has 0 fully saturated rings. The highest BCUT2D eigenvalue weighted by molar-refractivity contribution is 8.00. The number of hydrogen-bond donors (Lipinski definition) is 0. The van der Waals surface area contributed by atoms with Gasteiger partial charge >= 0.3 is 0 Å². The maximum absolute atomic E-state index is 13.3. The Bertz CT molecular complexity index is 1180. The minimum absolute atomic E-state index is 0.0142. The normalized spacial score (nSPS) is 12.0. The lowest BCUT2D eigenvalue weighted by molar-refractivity contribution is -0.117. The molecule has 150 valence electrons. The maximum atomic E-state index is 13.3. The van der Waals surface area contributed by atoms with Crippen LogP contribution >= 0.6 is 11.8 Å². The van der Waals surface area contributed by atoms with E-state index in [2.05, 4.69) is 10.2 Å². The fraction of sp³-hybridized carbons (Fsp3) is 0.125. The first kappa shape index (κ1) is 20.0. The van der Waals surface area contributed by atoms with E-state index < -0.39 is 0 Å². The summed E-state index contributed by atoms with van der Waals surface area (Å²) in [5.74, 6) is -0.308. The molecule has 4 nitrogen and oxygen atoms in total. The summed E-state index contributed by atoms with van der Waals surface area (Å²) < 4.78 is 13.3. The van der Waals surface area contributed by atoms with E-state index in [0.29, 0.717) is 10.7 Å². The van der Waals surface area contributed by atoms with Crippen molar-refractivity contribution in [3.05, 3.63) is 84.7 Å². The summed E-state index contributed by atoms with van der Waals surface area (Å²) in [5.41, 5.74) is 2.33. The molecule has 4 aromatic rings. The van der Waals surface area contributed by atoms with Gasteiger partial charge in [-0.05, 0) is 43.3 Å². The zero-order valence-electron chi connectivity index (χ0n) is 16.6. The van der Waals surface area contributed by atoms with Gasteiger partial charge in [0.25, 0.3) is 0 Å². The van der Waals surface area contributed by atoms with Gasteiger partial charge < -0.3 is 4.90 Å². The molecule has 0 radical (unpaired) electrons. The summed E-state index contributed by atoms with van der Waals surface area (Å²) >= 11 is 1.39. The molecule has 0 N–H and O–H groups in total. The van der Waals surface area contributed by atoms with Crippen LogP contribution in [0, 0.1) is 5.82 Å². The SMILES string of the molecule is CC(Sc1nnc(-c2ccc(F)cc2)c2ccccc12)C(=O)N(C)c1ccccc1. The number of amides is 1. The first-order valence-electron chi connectivity index (χ1n) is 9.55. The van der Waals surface area contributed by atoms with Crippen LogP contribution in [0.1, 0.15) is 6.92 Å². The van der Waals surface area contributed by atoms with Gasteiger partial charge in [0, 0.05) is 29.1 Å². The average molecular weight is 418 g/mol. The zero-order valence-corrected chi connectivity index (χ0v) is 17.4. The van der Waals surface area contributed by atoms with E-state index in [-0.39, 0.29) is 17.0 Å². The highest BCUT2D eigenvalue weighted by Gasteiger charge is 2.22. The number of nitrogens with zero attached hydrogens (tertiary/aromatic N) is 3. The van der Waals surface area contributed by atoms with Crippen LogP contribution in [0.2, 0.25) is 0 Å². The third-order valence-corrected chi connectivity index (χ3v) is 5.96. The van der Waals surface area contributed by atoms with Gasteiger partial charge in [0.05, 0.1) is 5.25 Å². The largest absolute Gasteiger partial charge is 0.315 e. The Balaban J connectivity index is 1.64. The molecule has 1 unspecified atom stereocenters. The van der Waals surface area contributed by atoms with Gasteiger partial charge in [0.2, 0.25) is 5.91 Å². The van der Waals surface area contributed by atoms with E-state index in [0.717, 1.165) is 22.0 Å². The van der Waals surface area contributed by atoms with E-state index >= 15 is 0 Å². The minimum Gasteiger partial charge on any atom is -0.315 e. The van der Waals surface area contributed by atoms with Crippen LogP contribution in [0.3, 0.4) is 0 Å². The van der Waals surface area contributed by atoms with Gasteiger partial charge in [-0.25, -0.2) is 4.39 Å². The first-order chi connectivity index (χ1) is 14.5. The number of carbonyl (C=O) groups is 1. The second-order valence-corrected chi connectivity index (χ2v) is 8.23. The van der Waals surface area contributed by atoms with E-state index in [1.807, 2.05) is 61.5 Å². The molecular formula is C24H20FN3OS. The molecular weight excluding hydrogens is 397 g/mol. The van der Waals surface area contributed by atoms with Gasteiger partial charge in [-0.2, -0.15) is 0 Å². The molecule has 30 heavy (non-hydrogen) atoms. The molecule has 0 saturated carbocycles. The first-order valence-corrected chi connectivity index (χ1v) is 10.4. The standard InChI is InChI=1S/C24H20FN3OS/c1-16(24(29)28(2)19-8-4-3-5-9-19)30-23-21-11-7-6-10-20(21)22(26-27-23)17-12-14-18(25)15-13-17/h3-16H,1-2H3. The number of aromatic nitrogens is 2. The summed E-state index contributed by atoms with van der Waals surface area (Å²) in [5, 5.41) is 11.0. The number of carbonyl (C=O) groups excluding carboxylic acids is 1. The number of hydrogen-bond acceptors (Lipinski definition) is 4. The Morgan fingerprint density at radius 2 is 1.53 bits per heavy atom. The van der Waals surface area contributed by atoms with Gasteiger partial charge in [-0.1, -0.05) is 54.2 Å². The second-order valence-electron chi connectivity index (χ2n) is 6.90. The van der Waals surface area contributed by atoms with E-state index in [1.165, 1.54) is 23.9 Å². The topological polar surface area (TPSA) is 46.1 Å². The lowest BCUT2D eigenvalue weighted by Gasteiger charge is -2.21. The van der Waals surface area contributed by atoms with Crippen molar-refractivity contribution in [2.75, 3.05) is 11.9 Å². The van der Waals surface area contributed by atoms with Crippen LogP contribution in [0.15, 0.2) is 83.9 Å². The number of fused-ring (bicyclic) bond motifs is 1. The fourth-order valence-electron chi connectivity index (χ4n) is 3.26. The van der Waals surface area contributed by atoms with Crippen LogP contribution in [0.25, 0.3) is 22.0 Å². The highest BCUT2D eigenvalue weighted by Crippen LogP contribution is 2.34. The Labute approximate surface area is 178 Å². The molecule has 4 rings (SSSR count). The van der Waals surface area contributed by atoms with Gasteiger partial charge in [0.1, 0.15) is 16.5 Å². The van der Waals surface area contributed by atoms with Crippen molar-refractivity contribution in [3.63, 3.8) is 0 Å². The Morgan fingerprint density at radius 3 is 2.23 bits per heavy atom. The minimum atomic E-state index is -0.343. The molecule has 0 bridgehead atoms. The summed E-state index contributed by atoms with van der Waals surface area (Å²) in [7, 11) is 1.77. The monoisotopic (exact) mass is 417 g/mol. The van der Waals surface area contributed by atoms with Gasteiger partial charge in [0.15, 0.2) is 0 Å². The van der Waals surface area contributed by atoms with Crippen LogP contribution in [0.5, 0.6) is 0 Å². The zero-order chi connectivity index (χ0) is 21.1. The molecule has 1 heterocycles. The number of halogens is 1. The van der Waals surface area contributed by atoms with E-state index in [9.17, 15) is 9.18 Å². The lowest BCUT2D eigenvalue weighted by Crippen LogP contribution is -2.33. The second kappa shape index (κ2) is 8.63. The van der Waals surface area contributed by atoms with Crippen molar-refractivity contribution in [2.24, 2.45) is 0 Å². The van der Waals surface area contributed by atoms with Crippen LogP contribution < -0.4 is 4.90 Å².